The number of amides is 1. The number of benzene rings is 1. The molecule has 19 heavy (non-hydrogen) atoms. The highest BCUT2D eigenvalue weighted by atomic mass is 79.9. The highest BCUT2D eigenvalue weighted by molar-refractivity contribution is 9.10. The molecule has 0 bridgehead atoms. The molecule has 4 N–H and O–H groups in total. The van der Waals surface area contributed by atoms with Crippen molar-refractivity contribution < 1.29 is 14.7 Å². The van der Waals surface area contributed by atoms with Gasteiger partial charge in [0.2, 0.25) is 0 Å². The molecule has 1 aromatic rings. The van der Waals surface area contributed by atoms with Crippen molar-refractivity contribution in [2.45, 2.75) is 25.3 Å². The standard InChI is InChI=1S/C13H15BrN2O3/c14-9-3-8(4-10(15)6-9)12(17)16-11-2-1-7(5-11)13(18)19/h3-4,6-7,11H,1-2,5,15H2,(H,16,17)(H,18,19). The van der Waals surface area contributed by atoms with E-state index in [-0.39, 0.29) is 17.9 Å². The van der Waals surface area contributed by atoms with Crippen LogP contribution in [0.3, 0.4) is 0 Å². The number of hydrogen-bond acceptors (Lipinski definition) is 3. The third kappa shape index (κ3) is 3.47. The maximum atomic E-state index is 12.0. The first-order chi connectivity index (χ1) is 8.95. The summed E-state index contributed by atoms with van der Waals surface area (Å²) in [6.45, 7) is 0. The summed E-state index contributed by atoms with van der Waals surface area (Å²) in [6, 6.07) is 4.93. The number of nitrogens with two attached hydrogens (primary N) is 1. The molecule has 1 aliphatic carbocycles. The average Bonchev–Trinajstić information content (AvgIpc) is 2.76. The zero-order chi connectivity index (χ0) is 14.0. The third-order valence-corrected chi connectivity index (χ3v) is 3.76. The van der Waals surface area contributed by atoms with Crippen molar-refractivity contribution in [2.24, 2.45) is 5.92 Å². The average molecular weight is 327 g/mol. The Morgan fingerprint density at radius 1 is 1.32 bits per heavy atom. The molecule has 2 atom stereocenters. The molecule has 2 unspecified atom stereocenters. The number of aliphatic carboxylic acids is 1. The lowest BCUT2D eigenvalue weighted by molar-refractivity contribution is -0.141. The summed E-state index contributed by atoms with van der Waals surface area (Å²) in [5.41, 5.74) is 6.67. The van der Waals surface area contributed by atoms with Crippen LogP contribution in [0.1, 0.15) is 29.6 Å². The van der Waals surface area contributed by atoms with Gasteiger partial charge in [-0.15, -0.1) is 0 Å². The normalized spacial score (nSPS) is 22.2. The number of carboxylic acid groups (broad SMARTS) is 1. The number of nitrogen functional groups attached to an aromatic ring is 1. The Morgan fingerprint density at radius 2 is 2.05 bits per heavy atom. The number of carboxylic acids is 1. The molecule has 2 rings (SSSR count). The van der Waals surface area contributed by atoms with E-state index in [0.717, 1.165) is 4.47 Å². The highest BCUT2D eigenvalue weighted by Gasteiger charge is 2.30. The van der Waals surface area contributed by atoms with Crippen molar-refractivity contribution in [3.8, 4) is 0 Å². The first-order valence-electron chi connectivity index (χ1n) is 6.05. The van der Waals surface area contributed by atoms with Gasteiger partial charge in [-0.3, -0.25) is 9.59 Å². The lowest BCUT2D eigenvalue weighted by Crippen LogP contribution is -2.33. The first-order valence-corrected chi connectivity index (χ1v) is 6.84. The summed E-state index contributed by atoms with van der Waals surface area (Å²) in [7, 11) is 0. The summed E-state index contributed by atoms with van der Waals surface area (Å²) in [5, 5.41) is 11.8. The van der Waals surface area contributed by atoms with E-state index in [2.05, 4.69) is 21.2 Å². The van der Waals surface area contributed by atoms with Gasteiger partial charge in [-0.05, 0) is 37.5 Å². The number of nitrogens with one attached hydrogen (secondary N) is 1. The Balaban J connectivity index is 2.00. The van der Waals surface area contributed by atoms with Crippen LogP contribution >= 0.6 is 15.9 Å². The van der Waals surface area contributed by atoms with Gasteiger partial charge in [0, 0.05) is 21.8 Å². The van der Waals surface area contributed by atoms with Gasteiger partial charge < -0.3 is 16.2 Å². The molecule has 0 saturated heterocycles. The van der Waals surface area contributed by atoms with Gasteiger partial charge in [0.25, 0.3) is 5.91 Å². The Kier molecular flexibility index (Phi) is 4.09. The van der Waals surface area contributed by atoms with Crippen LogP contribution in [0.25, 0.3) is 0 Å². The summed E-state index contributed by atoms with van der Waals surface area (Å²) in [5.74, 6) is -1.36. The van der Waals surface area contributed by atoms with Crippen LogP contribution in [0, 0.1) is 5.92 Å². The Labute approximate surface area is 119 Å². The molecule has 1 aliphatic rings. The molecule has 1 saturated carbocycles. The van der Waals surface area contributed by atoms with Gasteiger partial charge in [-0.2, -0.15) is 0 Å². The van der Waals surface area contributed by atoms with Crippen LogP contribution in [0.2, 0.25) is 0 Å². The minimum Gasteiger partial charge on any atom is -0.481 e. The molecule has 0 heterocycles. The van der Waals surface area contributed by atoms with Gasteiger partial charge >= 0.3 is 5.97 Å². The number of rotatable bonds is 3. The predicted octanol–water partition coefficient (Wildman–Crippen LogP) is 2.01. The van der Waals surface area contributed by atoms with E-state index in [1.807, 2.05) is 0 Å². The molecule has 1 amide bonds. The molecule has 0 radical (unpaired) electrons. The summed E-state index contributed by atoms with van der Waals surface area (Å²) in [4.78, 5) is 22.9. The number of hydrogen-bond donors (Lipinski definition) is 3. The number of halogens is 1. The van der Waals surface area contributed by atoms with Crippen molar-refractivity contribution in [3.05, 3.63) is 28.2 Å². The summed E-state index contributed by atoms with van der Waals surface area (Å²) >= 11 is 3.28. The quantitative estimate of drug-likeness (QED) is 0.741. The molecule has 0 aliphatic heterocycles. The second-order valence-corrected chi connectivity index (χ2v) is 5.71. The lowest BCUT2D eigenvalue weighted by Gasteiger charge is -2.13. The van der Waals surface area contributed by atoms with E-state index >= 15 is 0 Å². The molecule has 0 aromatic heterocycles. The van der Waals surface area contributed by atoms with E-state index in [0.29, 0.717) is 30.5 Å². The van der Waals surface area contributed by atoms with Gasteiger partial charge in [0.1, 0.15) is 0 Å². The number of carbonyl (C=O) groups is 2. The van der Waals surface area contributed by atoms with Gasteiger partial charge in [0.15, 0.2) is 0 Å². The molecule has 0 spiro atoms. The van der Waals surface area contributed by atoms with Gasteiger partial charge in [-0.1, -0.05) is 15.9 Å². The van der Waals surface area contributed by atoms with Gasteiger partial charge in [-0.25, -0.2) is 0 Å². The van der Waals surface area contributed by atoms with Crippen molar-refractivity contribution in [2.75, 3.05) is 5.73 Å². The van der Waals surface area contributed by atoms with E-state index in [9.17, 15) is 9.59 Å². The molecular weight excluding hydrogens is 312 g/mol. The minimum atomic E-state index is -0.788. The first kappa shape index (κ1) is 13.9. The van der Waals surface area contributed by atoms with Crippen LogP contribution in [-0.4, -0.2) is 23.0 Å². The zero-order valence-corrected chi connectivity index (χ0v) is 11.8. The Hall–Kier alpha value is -1.56. The lowest BCUT2D eigenvalue weighted by atomic mass is 10.1. The van der Waals surface area contributed by atoms with E-state index < -0.39 is 5.97 Å². The van der Waals surface area contributed by atoms with Crippen molar-refractivity contribution in [3.63, 3.8) is 0 Å². The zero-order valence-electron chi connectivity index (χ0n) is 10.2. The fraction of sp³-hybridized carbons (Fsp3) is 0.385. The van der Waals surface area contributed by atoms with Crippen molar-refractivity contribution in [1.29, 1.82) is 0 Å². The Morgan fingerprint density at radius 3 is 2.63 bits per heavy atom. The molecule has 1 fully saturated rings. The van der Waals surface area contributed by atoms with Crippen LogP contribution in [0.4, 0.5) is 5.69 Å². The van der Waals surface area contributed by atoms with Crippen LogP contribution in [-0.2, 0) is 4.79 Å². The van der Waals surface area contributed by atoms with Crippen LogP contribution < -0.4 is 11.1 Å². The molecule has 6 heteroatoms. The molecular formula is C13H15BrN2O3. The SMILES string of the molecule is Nc1cc(Br)cc(C(=O)NC2CCC(C(=O)O)C2)c1. The molecule has 1 aromatic carbocycles. The van der Waals surface area contributed by atoms with Crippen molar-refractivity contribution >= 4 is 33.5 Å². The second-order valence-electron chi connectivity index (χ2n) is 4.79. The Bertz CT molecular complexity index is 498. The van der Waals surface area contributed by atoms with E-state index in [4.69, 9.17) is 10.8 Å². The largest absolute Gasteiger partial charge is 0.481 e. The maximum absolute atomic E-state index is 12.0. The van der Waals surface area contributed by atoms with Crippen LogP contribution in [0.5, 0.6) is 0 Å². The summed E-state index contributed by atoms with van der Waals surface area (Å²) < 4.78 is 0.743. The predicted molar refractivity (Wildman–Crippen MR) is 74.8 cm³/mol. The fourth-order valence-corrected chi connectivity index (χ4v) is 2.86. The smallest absolute Gasteiger partial charge is 0.306 e. The maximum Gasteiger partial charge on any atom is 0.306 e. The summed E-state index contributed by atoms with van der Waals surface area (Å²) in [6.07, 6.45) is 1.80. The topological polar surface area (TPSA) is 92.4 Å². The van der Waals surface area contributed by atoms with E-state index in [1.165, 1.54) is 0 Å². The minimum absolute atomic E-state index is 0.0752. The van der Waals surface area contributed by atoms with E-state index in [1.54, 1.807) is 18.2 Å². The monoisotopic (exact) mass is 326 g/mol. The fourth-order valence-electron chi connectivity index (χ4n) is 2.35. The molecule has 5 nitrogen and oxygen atoms in total. The molecule has 102 valence electrons. The van der Waals surface area contributed by atoms with Crippen LogP contribution in [0.15, 0.2) is 22.7 Å². The van der Waals surface area contributed by atoms with Gasteiger partial charge in [0.05, 0.1) is 5.92 Å². The number of anilines is 1. The third-order valence-electron chi connectivity index (χ3n) is 3.30. The van der Waals surface area contributed by atoms with Crippen molar-refractivity contribution in [1.82, 2.24) is 5.32 Å². The highest BCUT2D eigenvalue weighted by Crippen LogP contribution is 2.26. The number of carbonyl (C=O) groups excluding carboxylic acids is 1. The second kappa shape index (κ2) is 5.61.